The van der Waals surface area contributed by atoms with E-state index in [1.807, 2.05) is 0 Å². The van der Waals surface area contributed by atoms with Crippen molar-refractivity contribution in [2.45, 2.75) is 50.0 Å². The van der Waals surface area contributed by atoms with E-state index in [1.165, 1.54) is 17.3 Å². The van der Waals surface area contributed by atoms with E-state index >= 15 is 0 Å². The largest absolute Gasteiger partial charge is 0.349 e. The van der Waals surface area contributed by atoms with Gasteiger partial charge in [-0.1, -0.05) is 6.92 Å². The predicted molar refractivity (Wildman–Crippen MR) is 101 cm³/mol. The van der Waals surface area contributed by atoms with Crippen LogP contribution < -0.4 is 10.2 Å². The van der Waals surface area contributed by atoms with Gasteiger partial charge in [-0.2, -0.15) is 4.31 Å². The zero-order valence-corrected chi connectivity index (χ0v) is 16.4. The molecule has 1 amide bonds. The molecule has 2 heterocycles. The number of hydrogen-bond donors (Lipinski definition) is 2. The van der Waals surface area contributed by atoms with Crippen molar-refractivity contribution >= 4 is 15.9 Å². The second kappa shape index (κ2) is 8.50. The summed E-state index contributed by atoms with van der Waals surface area (Å²) in [6.45, 7) is 6.78. The fourth-order valence-corrected chi connectivity index (χ4v) is 5.42. The number of carbonyl (C=O) groups excluding carboxylic acids is 1. The second-order valence-electron chi connectivity index (χ2n) is 7.38. The Morgan fingerprint density at radius 1 is 1.15 bits per heavy atom. The van der Waals surface area contributed by atoms with Gasteiger partial charge in [-0.25, -0.2) is 8.42 Å². The molecule has 2 N–H and O–H groups in total. The first-order chi connectivity index (χ1) is 12.5. The molecule has 2 fully saturated rings. The molecule has 2 aliphatic heterocycles. The highest BCUT2D eigenvalue weighted by atomic mass is 32.2. The van der Waals surface area contributed by atoms with Crippen molar-refractivity contribution in [2.75, 3.05) is 32.7 Å². The molecule has 7 heteroatoms. The molecular weight excluding hydrogens is 350 g/mol. The van der Waals surface area contributed by atoms with E-state index < -0.39 is 10.0 Å². The highest BCUT2D eigenvalue weighted by molar-refractivity contribution is 7.89. The maximum atomic E-state index is 12.5. The Labute approximate surface area is 156 Å². The van der Waals surface area contributed by atoms with E-state index in [9.17, 15) is 13.2 Å². The van der Waals surface area contributed by atoms with Crippen LogP contribution in [0.1, 0.15) is 49.4 Å². The van der Waals surface area contributed by atoms with Crippen LogP contribution >= 0.6 is 0 Å². The van der Waals surface area contributed by atoms with Crippen molar-refractivity contribution < 1.29 is 18.1 Å². The fraction of sp³-hybridized carbons (Fsp3) is 0.632. The molecule has 0 radical (unpaired) electrons. The zero-order chi connectivity index (χ0) is 18.6. The maximum absolute atomic E-state index is 12.5. The first kappa shape index (κ1) is 19.3. The molecule has 2 saturated heterocycles. The summed E-state index contributed by atoms with van der Waals surface area (Å²) in [6, 6.07) is 6.56. The van der Waals surface area contributed by atoms with E-state index in [4.69, 9.17) is 0 Å². The first-order valence-electron chi connectivity index (χ1n) is 9.75. The SMILES string of the molecule is CCC[NH+]1CCC(NC(=O)c2ccc(S(=O)(=O)N3CCCC3)cc2)CC1. The molecule has 0 saturated carbocycles. The number of sulfonamides is 1. The number of rotatable bonds is 6. The molecule has 0 atom stereocenters. The van der Waals surface area contributed by atoms with Gasteiger partial charge >= 0.3 is 0 Å². The first-order valence-corrected chi connectivity index (χ1v) is 11.2. The molecule has 0 aromatic heterocycles. The van der Waals surface area contributed by atoms with Gasteiger partial charge in [-0.15, -0.1) is 0 Å². The van der Waals surface area contributed by atoms with Crippen molar-refractivity contribution in [3.05, 3.63) is 29.8 Å². The number of quaternary nitrogens is 1. The van der Waals surface area contributed by atoms with Gasteiger partial charge < -0.3 is 10.2 Å². The smallest absolute Gasteiger partial charge is 0.251 e. The molecule has 26 heavy (non-hydrogen) atoms. The van der Waals surface area contributed by atoms with Crippen LogP contribution in [0.25, 0.3) is 0 Å². The third-order valence-corrected chi connectivity index (χ3v) is 7.36. The number of piperidine rings is 1. The quantitative estimate of drug-likeness (QED) is 0.762. The third-order valence-electron chi connectivity index (χ3n) is 5.45. The Hall–Kier alpha value is -1.44. The molecular formula is C19H30N3O3S+. The van der Waals surface area contributed by atoms with Gasteiger partial charge in [0.2, 0.25) is 10.0 Å². The number of nitrogens with zero attached hydrogens (tertiary/aromatic N) is 1. The van der Waals surface area contributed by atoms with Crippen molar-refractivity contribution in [3.63, 3.8) is 0 Å². The maximum Gasteiger partial charge on any atom is 0.251 e. The highest BCUT2D eigenvalue weighted by Crippen LogP contribution is 2.21. The van der Waals surface area contributed by atoms with Gasteiger partial charge in [0.1, 0.15) is 0 Å². The number of amides is 1. The van der Waals surface area contributed by atoms with Crippen LogP contribution in [-0.2, 0) is 10.0 Å². The van der Waals surface area contributed by atoms with E-state index in [-0.39, 0.29) is 16.8 Å². The summed E-state index contributed by atoms with van der Waals surface area (Å²) in [5.41, 5.74) is 0.522. The van der Waals surface area contributed by atoms with Gasteiger partial charge in [-0.05, 0) is 43.5 Å². The molecule has 0 spiro atoms. The summed E-state index contributed by atoms with van der Waals surface area (Å²) >= 11 is 0. The molecule has 3 rings (SSSR count). The summed E-state index contributed by atoms with van der Waals surface area (Å²) < 4.78 is 26.6. The van der Waals surface area contributed by atoms with Gasteiger partial charge in [0.05, 0.1) is 24.5 Å². The number of hydrogen-bond acceptors (Lipinski definition) is 3. The topological polar surface area (TPSA) is 70.9 Å². The van der Waals surface area contributed by atoms with Crippen LogP contribution in [0.4, 0.5) is 0 Å². The van der Waals surface area contributed by atoms with Crippen molar-refractivity contribution in [2.24, 2.45) is 0 Å². The number of nitrogens with one attached hydrogen (secondary N) is 2. The average Bonchev–Trinajstić information content (AvgIpc) is 3.19. The molecule has 0 aliphatic carbocycles. The Balaban J connectivity index is 1.57. The van der Waals surface area contributed by atoms with E-state index in [2.05, 4.69) is 12.2 Å². The summed E-state index contributed by atoms with van der Waals surface area (Å²) in [4.78, 5) is 14.4. The molecule has 6 nitrogen and oxygen atoms in total. The van der Waals surface area contributed by atoms with Crippen LogP contribution in [0.2, 0.25) is 0 Å². The molecule has 144 valence electrons. The average molecular weight is 381 g/mol. The minimum Gasteiger partial charge on any atom is -0.349 e. The fourth-order valence-electron chi connectivity index (χ4n) is 3.90. The standard InChI is InChI=1S/C19H29N3O3S/c1-2-11-21-14-9-17(10-15-21)20-19(23)16-5-7-18(8-6-16)26(24,25)22-12-3-4-13-22/h5-8,17H,2-4,9-15H2,1H3,(H,20,23)/p+1. The molecule has 2 aliphatic rings. The van der Waals surface area contributed by atoms with Crippen LogP contribution in [0, 0.1) is 0 Å². The predicted octanol–water partition coefficient (Wildman–Crippen LogP) is 0.658. The van der Waals surface area contributed by atoms with Crippen LogP contribution in [0.3, 0.4) is 0 Å². The van der Waals surface area contributed by atoms with Gasteiger partial charge in [0.15, 0.2) is 0 Å². The zero-order valence-electron chi connectivity index (χ0n) is 15.5. The molecule has 0 unspecified atom stereocenters. The van der Waals surface area contributed by atoms with E-state index in [1.54, 1.807) is 29.2 Å². The highest BCUT2D eigenvalue weighted by Gasteiger charge is 2.27. The third kappa shape index (κ3) is 4.45. The Morgan fingerprint density at radius 2 is 1.77 bits per heavy atom. The lowest BCUT2D eigenvalue weighted by Crippen LogP contribution is -3.13. The summed E-state index contributed by atoms with van der Waals surface area (Å²) in [6.07, 6.45) is 5.03. The lowest BCUT2D eigenvalue weighted by atomic mass is 10.0. The molecule has 1 aromatic carbocycles. The lowest BCUT2D eigenvalue weighted by molar-refractivity contribution is -0.905. The van der Waals surface area contributed by atoms with Crippen LogP contribution in [0.5, 0.6) is 0 Å². The molecule has 0 bridgehead atoms. The summed E-state index contributed by atoms with van der Waals surface area (Å²) in [5.74, 6) is -0.112. The van der Waals surface area contributed by atoms with Crippen molar-refractivity contribution in [1.29, 1.82) is 0 Å². The van der Waals surface area contributed by atoms with E-state index in [0.29, 0.717) is 18.7 Å². The normalized spacial score (nSPS) is 24.5. The Bertz CT molecular complexity index is 704. The van der Waals surface area contributed by atoms with Crippen molar-refractivity contribution in [3.8, 4) is 0 Å². The van der Waals surface area contributed by atoms with Crippen LogP contribution in [-0.4, -0.2) is 57.4 Å². The number of benzene rings is 1. The van der Waals surface area contributed by atoms with Crippen molar-refractivity contribution in [1.82, 2.24) is 9.62 Å². The van der Waals surface area contributed by atoms with Crippen LogP contribution in [0.15, 0.2) is 29.2 Å². The Kier molecular flexibility index (Phi) is 6.32. The summed E-state index contributed by atoms with van der Waals surface area (Å²) in [7, 11) is -3.42. The minimum absolute atomic E-state index is 0.112. The Morgan fingerprint density at radius 3 is 2.35 bits per heavy atom. The molecule has 1 aromatic rings. The lowest BCUT2D eigenvalue weighted by Gasteiger charge is -2.29. The minimum atomic E-state index is -3.42. The monoisotopic (exact) mass is 380 g/mol. The van der Waals surface area contributed by atoms with Gasteiger partial charge in [-0.3, -0.25) is 4.79 Å². The number of likely N-dealkylation sites (tertiary alicyclic amines) is 1. The summed E-state index contributed by atoms with van der Waals surface area (Å²) in [5, 5.41) is 3.10. The second-order valence-corrected chi connectivity index (χ2v) is 9.32. The van der Waals surface area contributed by atoms with Gasteiger partial charge in [0, 0.05) is 37.5 Å². The van der Waals surface area contributed by atoms with E-state index in [0.717, 1.165) is 38.8 Å². The number of carbonyl (C=O) groups is 1. The van der Waals surface area contributed by atoms with Gasteiger partial charge in [0.25, 0.3) is 5.91 Å².